The smallest absolute Gasteiger partial charge is 0.425 e. The fourth-order valence-electron chi connectivity index (χ4n) is 4.68. The standard InChI is InChI=1S/C36H43F3O5/c1-3-5-7-9-10-12-26-42-31-22-24-32(25-23-31)43-34(40)29-18-14-27(15-19-29)28-16-20-30(21-17-28)35(41)44-33(36(37,38)39)13-11-8-6-4-2/h14-25,33H,3-13,26H2,1-2H3/t33-/m1/s1. The van der Waals surface area contributed by atoms with Gasteiger partial charge >= 0.3 is 18.1 Å². The predicted molar refractivity (Wildman–Crippen MR) is 166 cm³/mol. The lowest BCUT2D eigenvalue weighted by molar-refractivity contribution is -0.206. The molecule has 8 heteroatoms. The van der Waals surface area contributed by atoms with Crippen LogP contribution in [-0.4, -0.2) is 30.8 Å². The van der Waals surface area contributed by atoms with E-state index in [0.29, 0.717) is 30.8 Å². The molecule has 0 fully saturated rings. The van der Waals surface area contributed by atoms with E-state index in [9.17, 15) is 22.8 Å². The Hall–Kier alpha value is -3.81. The first-order chi connectivity index (χ1) is 21.2. The van der Waals surface area contributed by atoms with Gasteiger partial charge in [-0.15, -0.1) is 0 Å². The number of ether oxygens (including phenoxy) is 3. The highest BCUT2D eigenvalue weighted by Gasteiger charge is 2.42. The van der Waals surface area contributed by atoms with Crippen molar-refractivity contribution in [3.8, 4) is 22.6 Å². The second kappa shape index (κ2) is 18.1. The molecule has 5 nitrogen and oxygen atoms in total. The van der Waals surface area contributed by atoms with Gasteiger partial charge in [0.1, 0.15) is 11.5 Å². The zero-order valence-electron chi connectivity index (χ0n) is 25.7. The van der Waals surface area contributed by atoms with Crippen LogP contribution in [0.2, 0.25) is 0 Å². The molecule has 0 N–H and O–H groups in total. The molecule has 0 saturated carbocycles. The first kappa shape index (κ1) is 34.7. The Labute approximate surface area is 258 Å². The summed E-state index contributed by atoms with van der Waals surface area (Å²) in [6.07, 6.45) is 2.91. The van der Waals surface area contributed by atoms with E-state index in [1.54, 1.807) is 60.7 Å². The molecule has 44 heavy (non-hydrogen) atoms. The van der Waals surface area contributed by atoms with E-state index in [4.69, 9.17) is 14.2 Å². The molecule has 0 aliphatic rings. The number of hydrogen-bond donors (Lipinski definition) is 0. The van der Waals surface area contributed by atoms with Crippen LogP contribution in [-0.2, 0) is 4.74 Å². The van der Waals surface area contributed by atoms with E-state index in [2.05, 4.69) is 6.92 Å². The van der Waals surface area contributed by atoms with Crippen molar-refractivity contribution in [1.82, 2.24) is 0 Å². The zero-order valence-corrected chi connectivity index (χ0v) is 25.7. The molecule has 0 amide bonds. The molecule has 1 atom stereocenters. The molecule has 3 aromatic rings. The lowest BCUT2D eigenvalue weighted by Crippen LogP contribution is -2.33. The first-order valence-electron chi connectivity index (χ1n) is 15.6. The summed E-state index contributed by atoms with van der Waals surface area (Å²) < 4.78 is 56.3. The maximum Gasteiger partial charge on any atom is 0.425 e. The fraction of sp³-hybridized carbons (Fsp3) is 0.444. The monoisotopic (exact) mass is 612 g/mol. The van der Waals surface area contributed by atoms with Crippen LogP contribution in [0.25, 0.3) is 11.1 Å². The van der Waals surface area contributed by atoms with Crippen molar-refractivity contribution in [2.24, 2.45) is 0 Å². The van der Waals surface area contributed by atoms with E-state index < -0.39 is 24.2 Å². The molecular formula is C36H43F3O5. The molecule has 0 bridgehead atoms. The minimum Gasteiger partial charge on any atom is -0.494 e. The van der Waals surface area contributed by atoms with Crippen molar-refractivity contribution in [1.29, 1.82) is 0 Å². The lowest BCUT2D eigenvalue weighted by Gasteiger charge is -2.20. The van der Waals surface area contributed by atoms with Crippen molar-refractivity contribution in [3.05, 3.63) is 83.9 Å². The van der Waals surface area contributed by atoms with Gasteiger partial charge in [0, 0.05) is 0 Å². The summed E-state index contributed by atoms with van der Waals surface area (Å²) in [6.45, 7) is 4.83. The van der Waals surface area contributed by atoms with E-state index in [1.165, 1.54) is 37.8 Å². The number of benzene rings is 3. The number of halogens is 3. The van der Waals surface area contributed by atoms with Crippen molar-refractivity contribution in [2.75, 3.05) is 6.61 Å². The molecule has 0 heterocycles. The van der Waals surface area contributed by atoms with E-state index in [0.717, 1.165) is 42.6 Å². The molecule has 3 aromatic carbocycles. The topological polar surface area (TPSA) is 61.8 Å². The number of esters is 2. The molecule has 0 aliphatic carbocycles. The molecule has 0 aliphatic heterocycles. The summed E-state index contributed by atoms with van der Waals surface area (Å²) in [7, 11) is 0. The molecule has 238 valence electrons. The summed E-state index contributed by atoms with van der Waals surface area (Å²) in [4.78, 5) is 25.1. The van der Waals surface area contributed by atoms with Crippen LogP contribution in [0.15, 0.2) is 72.8 Å². The Morgan fingerprint density at radius 1 is 0.614 bits per heavy atom. The van der Waals surface area contributed by atoms with Gasteiger partial charge in [-0.3, -0.25) is 0 Å². The van der Waals surface area contributed by atoms with Crippen LogP contribution >= 0.6 is 0 Å². The highest BCUT2D eigenvalue weighted by atomic mass is 19.4. The predicted octanol–water partition coefficient (Wildman–Crippen LogP) is 10.4. The van der Waals surface area contributed by atoms with E-state index in [1.807, 2.05) is 6.92 Å². The maximum atomic E-state index is 13.4. The van der Waals surface area contributed by atoms with Crippen LogP contribution in [0, 0.1) is 0 Å². The number of hydrogen-bond acceptors (Lipinski definition) is 5. The maximum absolute atomic E-state index is 13.4. The third-order valence-corrected chi connectivity index (χ3v) is 7.31. The summed E-state index contributed by atoms with van der Waals surface area (Å²) in [5, 5.41) is 0. The SMILES string of the molecule is CCCCCCCCOc1ccc(OC(=O)c2ccc(-c3ccc(C(=O)O[C@H](CCCCCC)C(F)(F)F)cc3)cc2)cc1. The number of unbranched alkanes of at least 4 members (excludes halogenated alkanes) is 8. The third kappa shape index (κ3) is 11.7. The molecule has 0 spiro atoms. The van der Waals surface area contributed by atoms with Gasteiger partial charge in [0.25, 0.3) is 0 Å². The van der Waals surface area contributed by atoms with Gasteiger partial charge in [0.2, 0.25) is 0 Å². The zero-order chi connectivity index (χ0) is 31.8. The second-order valence-electron chi connectivity index (χ2n) is 10.9. The number of carbonyl (C=O) groups excluding carboxylic acids is 2. The van der Waals surface area contributed by atoms with Crippen molar-refractivity contribution < 1.29 is 37.0 Å². The first-order valence-corrected chi connectivity index (χ1v) is 15.6. The molecular weight excluding hydrogens is 569 g/mol. The van der Waals surface area contributed by atoms with Crippen LogP contribution in [0.3, 0.4) is 0 Å². The number of alkyl halides is 3. The van der Waals surface area contributed by atoms with E-state index in [-0.39, 0.29) is 12.0 Å². The Bertz CT molecular complexity index is 1270. The number of carbonyl (C=O) groups is 2. The average Bonchev–Trinajstić information content (AvgIpc) is 3.02. The van der Waals surface area contributed by atoms with Crippen molar-refractivity contribution in [3.63, 3.8) is 0 Å². The average molecular weight is 613 g/mol. The van der Waals surface area contributed by atoms with Crippen molar-refractivity contribution in [2.45, 2.75) is 96.8 Å². The van der Waals surface area contributed by atoms with Gasteiger partial charge in [-0.1, -0.05) is 89.5 Å². The highest BCUT2D eigenvalue weighted by molar-refractivity contribution is 5.92. The summed E-state index contributed by atoms with van der Waals surface area (Å²) in [5.41, 5.74) is 1.88. The van der Waals surface area contributed by atoms with Gasteiger partial charge in [-0.05, 0) is 78.9 Å². The lowest BCUT2D eigenvalue weighted by atomic mass is 10.0. The second-order valence-corrected chi connectivity index (χ2v) is 10.9. The minimum absolute atomic E-state index is 0.0376. The Balaban J connectivity index is 1.50. The minimum atomic E-state index is -4.62. The van der Waals surface area contributed by atoms with Gasteiger partial charge in [0.05, 0.1) is 17.7 Å². The Morgan fingerprint density at radius 3 is 1.64 bits per heavy atom. The molecule has 0 unspecified atom stereocenters. The summed E-state index contributed by atoms with van der Waals surface area (Å²) in [5.74, 6) is -0.388. The van der Waals surface area contributed by atoms with Gasteiger partial charge in [-0.25, -0.2) is 9.59 Å². The summed E-state index contributed by atoms with van der Waals surface area (Å²) >= 11 is 0. The molecule has 0 radical (unpaired) electrons. The third-order valence-electron chi connectivity index (χ3n) is 7.31. The quantitative estimate of drug-likeness (QED) is 0.0813. The van der Waals surface area contributed by atoms with Crippen LogP contribution in [0.4, 0.5) is 13.2 Å². The normalized spacial score (nSPS) is 12.0. The molecule has 0 aromatic heterocycles. The summed E-state index contributed by atoms with van der Waals surface area (Å²) in [6, 6.07) is 19.8. The van der Waals surface area contributed by atoms with Crippen LogP contribution in [0.1, 0.15) is 105 Å². The van der Waals surface area contributed by atoms with Gasteiger partial charge in [-0.2, -0.15) is 13.2 Å². The Morgan fingerprint density at radius 2 is 1.09 bits per heavy atom. The van der Waals surface area contributed by atoms with Crippen molar-refractivity contribution >= 4 is 11.9 Å². The van der Waals surface area contributed by atoms with Gasteiger partial charge < -0.3 is 14.2 Å². The van der Waals surface area contributed by atoms with Crippen LogP contribution in [0.5, 0.6) is 11.5 Å². The van der Waals surface area contributed by atoms with E-state index >= 15 is 0 Å². The largest absolute Gasteiger partial charge is 0.494 e. The Kier molecular flexibility index (Phi) is 14.3. The van der Waals surface area contributed by atoms with Gasteiger partial charge in [0.15, 0.2) is 6.10 Å². The number of rotatable bonds is 18. The molecule has 0 saturated heterocycles. The molecule has 3 rings (SSSR count). The van der Waals surface area contributed by atoms with Crippen LogP contribution < -0.4 is 9.47 Å². The fourth-order valence-corrected chi connectivity index (χ4v) is 4.68. The highest BCUT2D eigenvalue weighted by Crippen LogP contribution is 2.29.